The molecule has 1 saturated heterocycles. The van der Waals surface area contributed by atoms with Crippen molar-refractivity contribution in [3.63, 3.8) is 0 Å². The molecule has 1 aliphatic heterocycles. The van der Waals surface area contributed by atoms with Gasteiger partial charge in [-0.15, -0.1) is 5.01 Å². The van der Waals surface area contributed by atoms with Crippen LogP contribution in [0.4, 0.5) is 19.0 Å². The summed E-state index contributed by atoms with van der Waals surface area (Å²) in [6.45, 7) is 6.55. The van der Waals surface area contributed by atoms with Gasteiger partial charge < -0.3 is 14.9 Å². The molecule has 10 heteroatoms. The van der Waals surface area contributed by atoms with Gasteiger partial charge in [0.05, 0.1) is 29.7 Å². The molecule has 1 atom stereocenters. The van der Waals surface area contributed by atoms with Crippen LogP contribution in [0, 0.1) is 5.21 Å². The molecule has 2 heterocycles. The van der Waals surface area contributed by atoms with Crippen molar-refractivity contribution in [1.29, 1.82) is 0 Å². The van der Waals surface area contributed by atoms with Crippen LogP contribution in [0.5, 0.6) is 0 Å². The maximum absolute atomic E-state index is 12.6. The summed E-state index contributed by atoms with van der Waals surface area (Å²) in [5.74, 6) is 0.435. The summed E-state index contributed by atoms with van der Waals surface area (Å²) in [6, 6.07) is 2.33. The molecule has 7 nitrogen and oxygen atoms in total. The van der Waals surface area contributed by atoms with Gasteiger partial charge in [-0.3, -0.25) is 0 Å². The van der Waals surface area contributed by atoms with Gasteiger partial charge in [0.15, 0.2) is 6.10 Å². The quantitative estimate of drug-likeness (QED) is 0.468. The summed E-state index contributed by atoms with van der Waals surface area (Å²) in [5, 5.41) is 16.8. The molecule has 1 aromatic rings. The van der Waals surface area contributed by atoms with Crippen molar-refractivity contribution in [1.82, 2.24) is 9.99 Å². The lowest BCUT2D eigenvalue weighted by atomic mass is 10.1. The molecule has 0 aromatic carbocycles. The Bertz CT molecular complexity index is 613. The third kappa shape index (κ3) is 4.86. The second-order valence-corrected chi connectivity index (χ2v) is 6.89. The molecule has 1 aliphatic rings. The molecule has 0 spiro atoms. The second-order valence-electron chi connectivity index (χ2n) is 6.89. The highest BCUT2D eigenvalue weighted by Crippen LogP contribution is 2.30. The first-order chi connectivity index (χ1) is 11.5. The second kappa shape index (κ2) is 6.93. The number of pyridine rings is 1. The normalized spacial score (nSPS) is 19.2. The van der Waals surface area contributed by atoms with Crippen LogP contribution in [0.2, 0.25) is 0 Å². The molecule has 1 fully saturated rings. The van der Waals surface area contributed by atoms with Crippen molar-refractivity contribution >= 4 is 5.82 Å². The Kier molecular flexibility index (Phi) is 5.28. The highest BCUT2D eigenvalue weighted by molar-refractivity contribution is 5.41. The van der Waals surface area contributed by atoms with Gasteiger partial charge in [-0.2, -0.15) is 13.2 Å². The number of halogens is 3. The first-order valence-corrected chi connectivity index (χ1v) is 7.84. The number of hydrazine groups is 1. The maximum atomic E-state index is 12.6. The number of anilines is 1. The first-order valence-electron chi connectivity index (χ1n) is 7.84. The SMILES string of the molecule is CN(/[N+]([O-])=N\O[C@@H]1CCN(c2ccc(C(F)(F)F)cn2)C1)C(C)(C)C. The number of hydrogen-bond donors (Lipinski definition) is 0. The van der Waals surface area contributed by atoms with E-state index in [0.29, 0.717) is 30.3 Å². The highest BCUT2D eigenvalue weighted by atomic mass is 19.4. The molecule has 1 aromatic heterocycles. The lowest BCUT2D eigenvalue weighted by Gasteiger charge is -2.26. The fourth-order valence-corrected chi connectivity index (χ4v) is 2.18. The lowest BCUT2D eigenvalue weighted by Crippen LogP contribution is -2.42. The van der Waals surface area contributed by atoms with E-state index in [1.165, 1.54) is 11.1 Å². The summed E-state index contributed by atoms with van der Waals surface area (Å²) in [6.07, 6.45) is -3.32. The van der Waals surface area contributed by atoms with E-state index < -0.39 is 17.3 Å². The average Bonchev–Trinajstić information content (AvgIpc) is 2.99. The van der Waals surface area contributed by atoms with Crippen LogP contribution in [0.3, 0.4) is 0 Å². The number of rotatable bonds is 4. The van der Waals surface area contributed by atoms with Gasteiger partial charge in [-0.1, -0.05) is 0 Å². The number of hydrogen-bond acceptors (Lipinski definition) is 5. The highest BCUT2D eigenvalue weighted by Gasteiger charge is 2.32. The first kappa shape index (κ1) is 19.1. The molecule has 0 unspecified atom stereocenters. The smallest absolute Gasteiger partial charge is 0.417 e. The minimum atomic E-state index is -4.41. The Morgan fingerprint density at radius 3 is 2.56 bits per heavy atom. The van der Waals surface area contributed by atoms with Gasteiger partial charge in [-0.05, 0) is 32.9 Å². The molecule has 0 radical (unpaired) electrons. The predicted octanol–water partition coefficient (Wildman–Crippen LogP) is 3.22. The fraction of sp³-hybridized carbons (Fsp3) is 0.667. The third-order valence-electron chi connectivity index (χ3n) is 4.04. The summed E-state index contributed by atoms with van der Waals surface area (Å²) in [5.41, 5.74) is -1.19. The maximum Gasteiger partial charge on any atom is 0.417 e. The van der Waals surface area contributed by atoms with E-state index in [4.69, 9.17) is 4.84 Å². The molecule has 0 amide bonds. The van der Waals surface area contributed by atoms with Gasteiger partial charge in [0.1, 0.15) is 5.82 Å². The minimum Gasteiger partial charge on any atom is -0.569 e. The van der Waals surface area contributed by atoms with Crippen LogP contribution in [0.25, 0.3) is 0 Å². The summed E-state index contributed by atoms with van der Waals surface area (Å²) < 4.78 is 37.7. The number of aromatic nitrogens is 1. The molecule has 25 heavy (non-hydrogen) atoms. The summed E-state index contributed by atoms with van der Waals surface area (Å²) >= 11 is 0. The van der Waals surface area contributed by atoms with Crippen LogP contribution in [-0.2, 0) is 11.0 Å². The van der Waals surface area contributed by atoms with E-state index in [9.17, 15) is 18.4 Å². The molecule has 0 aliphatic carbocycles. The van der Waals surface area contributed by atoms with E-state index in [1.807, 2.05) is 20.8 Å². The zero-order valence-electron chi connectivity index (χ0n) is 14.6. The Morgan fingerprint density at radius 1 is 1.36 bits per heavy atom. The van der Waals surface area contributed by atoms with Crippen LogP contribution < -0.4 is 4.90 Å². The van der Waals surface area contributed by atoms with E-state index in [0.717, 1.165) is 12.3 Å². The molecular formula is C15H22F3N5O2. The monoisotopic (exact) mass is 361 g/mol. The van der Waals surface area contributed by atoms with Gasteiger partial charge in [0.25, 0.3) is 0 Å². The molecule has 140 valence electrons. The van der Waals surface area contributed by atoms with E-state index in [1.54, 1.807) is 11.9 Å². The van der Waals surface area contributed by atoms with Crippen molar-refractivity contribution in [3.8, 4) is 0 Å². The fourth-order valence-electron chi connectivity index (χ4n) is 2.18. The van der Waals surface area contributed by atoms with Crippen LogP contribution >= 0.6 is 0 Å². The Morgan fingerprint density at radius 2 is 2.04 bits per heavy atom. The van der Waals surface area contributed by atoms with Crippen LogP contribution in [0.15, 0.2) is 23.6 Å². The van der Waals surface area contributed by atoms with E-state index >= 15 is 0 Å². The molecule has 0 N–H and O–H groups in total. The molecular weight excluding hydrogens is 339 g/mol. The van der Waals surface area contributed by atoms with Crippen LogP contribution in [-0.4, -0.2) is 46.7 Å². The zero-order valence-corrected chi connectivity index (χ0v) is 14.6. The largest absolute Gasteiger partial charge is 0.569 e. The average molecular weight is 361 g/mol. The van der Waals surface area contributed by atoms with Gasteiger partial charge >= 0.3 is 6.18 Å². The third-order valence-corrected chi connectivity index (χ3v) is 4.04. The Balaban J connectivity index is 1.93. The zero-order chi connectivity index (χ0) is 18.8. The summed E-state index contributed by atoms with van der Waals surface area (Å²) in [7, 11) is 1.60. The topological polar surface area (TPSA) is 67.0 Å². The van der Waals surface area contributed by atoms with Crippen LogP contribution in [0.1, 0.15) is 32.8 Å². The van der Waals surface area contributed by atoms with Crippen molar-refractivity contribution < 1.29 is 23.0 Å². The molecule has 0 saturated carbocycles. The minimum absolute atomic E-state index is 0.325. The van der Waals surface area contributed by atoms with Crippen molar-refractivity contribution in [2.75, 3.05) is 25.0 Å². The predicted molar refractivity (Wildman–Crippen MR) is 84.5 cm³/mol. The van der Waals surface area contributed by atoms with E-state index in [-0.39, 0.29) is 6.10 Å². The summed E-state index contributed by atoms with van der Waals surface area (Å²) in [4.78, 5) is 11.3. The van der Waals surface area contributed by atoms with Crippen molar-refractivity contribution in [3.05, 3.63) is 29.1 Å². The van der Waals surface area contributed by atoms with Gasteiger partial charge in [-0.25, -0.2) is 4.98 Å². The number of alkyl halides is 3. The Labute approximate surface area is 144 Å². The Hall–Kier alpha value is -2.26. The molecule has 0 bridgehead atoms. The number of nitrogens with zero attached hydrogens (tertiary/aromatic N) is 5. The van der Waals surface area contributed by atoms with Crippen molar-refractivity contribution in [2.45, 2.75) is 45.0 Å². The standard InChI is InChI=1S/C15H22F3N5O2/c1-14(2,3)21(4)23(24)20-25-12-7-8-22(10-12)13-6-5-11(9-19-13)15(16,17)18/h5-6,9,12H,7-8,10H2,1-4H3/b23-20+/t12-/m1/s1. The van der Waals surface area contributed by atoms with E-state index in [2.05, 4.69) is 10.3 Å². The molecule has 2 rings (SSSR count). The van der Waals surface area contributed by atoms with Crippen molar-refractivity contribution in [2.24, 2.45) is 5.28 Å². The lowest BCUT2D eigenvalue weighted by molar-refractivity contribution is -0.720. The van der Waals surface area contributed by atoms with Gasteiger partial charge in [0, 0.05) is 19.2 Å². The van der Waals surface area contributed by atoms with Gasteiger partial charge in [0.2, 0.25) is 5.28 Å².